The second-order valence-corrected chi connectivity index (χ2v) is 10.9. The molecule has 0 unspecified atom stereocenters. The number of benzene rings is 1. The Morgan fingerprint density at radius 1 is 1.08 bits per heavy atom. The fraction of sp³-hybridized carbons (Fsp3) is 0.500. The van der Waals surface area contributed by atoms with Crippen LogP contribution in [0.5, 0.6) is 0 Å². The SMILES string of the molecule is CC(C)n1cc2c3c(cccc31)C1=C[C@@H](COC(=O)C3CCCCC3)CN(C)[C@@H]1C2.O=C(O)/C=C\C(=O)O. The van der Waals surface area contributed by atoms with Gasteiger partial charge >= 0.3 is 17.9 Å². The van der Waals surface area contributed by atoms with Crippen LogP contribution in [0, 0.1) is 11.8 Å². The number of fused-ring (bicyclic) bond motifs is 2. The number of carbonyl (C=O) groups excluding carboxylic acids is 1. The monoisotopic (exact) mass is 522 g/mol. The lowest BCUT2D eigenvalue weighted by Gasteiger charge is -2.39. The lowest BCUT2D eigenvalue weighted by atomic mass is 9.80. The van der Waals surface area contributed by atoms with Crippen LogP contribution in [0.15, 0.2) is 42.6 Å². The van der Waals surface area contributed by atoms with Crippen molar-refractivity contribution in [3.8, 4) is 0 Å². The second kappa shape index (κ2) is 12.0. The van der Waals surface area contributed by atoms with Crippen molar-refractivity contribution in [3.05, 3.63) is 53.8 Å². The highest BCUT2D eigenvalue weighted by atomic mass is 16.5. The van der Waals surface area contributed by atoms with E-state index in [1.165, 1.54) is 46.9 Å². The van der Waals surface area contributed by atoms with Crippen LogP contribution in [0.1, 0.15) is 63.1 Å². The van der Waals surface area contributed by atoms with E-state index in [-0.39, 0.29) is 17.8 Å². The maximum absolute atomic E-state index is 12.5. The summed E-state index contributed by atoms with van der Waals surface area (Å²) in [5.74, 6) is -2.10. The third kappa shape index (κ3) is 6.18. The average Bonchev–Trinajstić information content (AvgIpc) is 3.28. The van der Waals surface area contributed by atoms with Crippen LogP contribution in [0.25, 0.3) is 16.5 Å². The first-order valence-electron chi connectivity index (χ1n) is 13.5. The van der Waals surface area contributed by atoms with Gasteiger partial charge in [0.25, 0.3) is 0 Å². The van der Waals surface area contributed by atoms with Gasteiger partial charge in [-0.1, -0.05) is 37.5 Å². The Morgan fingerprint density at radius 3 is 2.39 bits per heavy atom. The molecule has 3 aliphatic rings. The van der Waals surface area contributed by atoms with Gasteiger partial charge in [0.1, 0.15) is 0 Å². The number of hydrogen-bond donors (Lipinski definition) is 2. The predicted molar refractivity (Wildman–Crippen MR) is 146 cm³/mol. The number of hydrogen-bond acceptors (Lipinski definition) is 5. The molecule has 2 heterocycles. The Labute approximate surface area is 223 Å². The van der Waals surface area contributed by atoms with E-state index in [1.807, 2.05) is 0 Å². The van der Waals surface area contributed by atoms with Crippen LogP contribution < -0.4 is 0 Å². The standard InChI is InChI=1S/C26H34N2O2.C4H4O4/c1-17(2)28-15-20-13-24-22(21-10-7-11-23(28)25(20)21)12-18(14-27(24)3)16-30-26(29)19-8-5-4-6-9-19;5-3(6)1-2-4(7)8/h7,10-12,15,17-19,24H,4-6,8-9,13-14,16H2,1-3H3;1-2H,(H,5,6)(H,7,8)/b;2-1-/t18-,24-;/m1./s1. The summed E-state index contributed by atoms with van der Waals surface area (Å²) in [5.41, 5.74) is 5.59. The molecule has 0 bridgehead atoms. The quantitative estimate of drug-likeness (QED) is 0.409. The van der Waals surface area contributed by atoms with E-state index in [0.717, 1.165) is 25.8 Å². The summed E-state index contributed by atoms with van der Waals surface area (Å²) in [6, 6.07) is 7.58. The third-order valence-electron chi connectivity index (χ3n) is 7.79. The van der Waals surface area contributed by atoms with Gasteiger partial charge in [-0.3, -0.25) is 9.69 Å². The molecule has 1 aromatic carbocycles. The number of likely N-dealkylation sites (N-methyl/N-ethyl adjacent to an activating group) is 1. The Kier molecular flexibility index (Phi) is 8.72. The molecule has 1 saturated carbocycles. The zero-order chi connectivity index (χ0) is 27.4. The number of carboxylic acid groups (broad SMARTS) is 2. The van der Waals surface area contributed by atoms with Crippen molar-refractivity contribution in [2.24, 2.45) is 11.8 Å². The second-order valence-electron chi connectivity index (χ2n) is 10.9. The summed E-state index contributed by atoms with van der Waals surface area (Å²) in [4.78, 5) is 34.1. The molecule has 1 fully saturated rings. The maximum atomic E-state index is 12.5. The molecule has 5 rings (SSSR count). The molecule has 8 nitrogen and oxygen atoms in total. The number of ether oxygens (including phenoxy) is 1. The fourth-order valence-electron chi connectivity index (χ4n) is 6.00. The molecule has 204 valence electrons. The summed E-state index contributed by atoms with van der Waals surface area (Å²) in [6.45, 7) is 5.96. The molecule has 0 saturated heterocycles. The van der Waals surface area contributed by atoms with Crippen molar-refractivity contribution < 1.29 is 29.3 Å². The van der Waals surface area contributed by atoms with Crippen molar-refractivity contribution in [3.63, 3.8) is 0 Å². The van der Waals surface area contributed by atoms with Gasteiger partial charge in [0.15, 0.2) is 0 Å². The molecule has 0 radical (unpaired) electrons. The number of aliphatic carboxylic acids is 2. The van der Waals surface area contributed by atoms with Gasteiger partial charge in [0, 0.05) is 53.8 Å². The van der Waals surface area contributed by atoms with Gasteiger partial charge in [-0.05, 0) is 62.9 Å². The highest BCUT2D eigenvalue weighted by molar-refractivity contribution is 5.98. The van der Waals surface area contributed by atoms with E-state index in [2.05, 4.69) is 60.8 Å². The first-order chi connectivity index (χ1) is 18.2. The predicted octanol–water partition coefficient (Wildman–Crippen LogP) is 4.93. The van der Waals surface area contributed by atoms with Gasteiger partial charge in [0.05, 0.1) is 12.5 Å². The Morgan fingerprint density at radius 2 is 1.76 bits per heavy atom. The molecule has 1 aromatic heterocycles. The number of carbonyl (C=O) groups is 3. The largest absolute Gasteiger partial charge is 0.478 e. The van der Waals surface area contributed by atoms with Crippen LogP contribution in [0.2, 0.25) is 0 Å². The summed E-state index contributed by atoms with van der Waals surface area (Å²) in [6.07, 6.45) is 12.5. The van der Waals surface area contributed by atoms with E-state index in [0.29, 0.717) is 30.8 Å². The van der Waals surface area contributed by atoms with E-state index < -0.39 is 11.9 Å². The molecule has 0 amide bonds. The number of esters is 1. The first-order valence-corrected chi connectivity index (χ1v) is 13.5. The molecule has 2 aliphatic carbocycles. The molecular formula is C30H38N2O6. The Hall–Kier alpha value is -3.39. The minimum absolute atomic E-state index is 0.0277. The van der Waals surface area contributed by atoms with Crippen LogP contribution in [0.3, 0.4) is 0 Å². The van der Waals surface area contributed by atoms with E-state index >= 15 is 0 Å². The van der Waals surface area contributed by atoms with Crippen LogP contribution >= 0.6 is 0 Å². The van der Waals surface area contributed by atoms with Crippen molar-refractivity contribution in [2.45, 2.75) is 64.5 Å². The van der Waals surface area contributed by atoms with Gasteiger partial charge in [-0.2, -0.15) is 0 Å². The fourth-order valence-corrected chi connectivity index (χ4v) is 6.00. The summed E-state index contributed by atoms with van der Waals surface area (Å²) < 4.78 is 8.23. The molecule has 2 N–H and O–H groups in total. The summed E-state index contributed by atoms with van der Waals surface area (Å²) >= 11 is 0. The number of carboxylic acids is 2. The van der Waals surface area contributed by atoms with Crippen LogP contribution in [-0.2, 0) is 25.5 Å². The smallest absolute Gasteiger partial charge is 0.328 e. The Bertz CT molecular complexity index is 1230. The lowest BCUT2D eigenvalue weighted by Crippen LogP contribution is -2.43. The van der Waals surface area contributed by atoms with E-state index in [9.17, 15) is 14.4 Å². The molecule has 0 spiro atoms. The van der Waals surface area contributed by atoms with Gasteiger partial charge in [-0.25, -0.2) is 9.59 Å². The van der Waals surface area contributed by atoms with E-state index in [4.69, 9.17) is 14.9 Å². The van der Waals surface area contributed by atoms with E-state index in [1.54, 1.807) is 0 Å². The number of nitrogens with zero attached hydrogens (tertiary/aromatic N) is 2. The molecule has 2 aromatic rings. The number of aromatic nitrogens is 1. The van der Waals surface area contributed by atoms with Crippen molar-refractivity contribution in [1.82, 2.24) is 9.47 Å². The maximum Gasteiger partial charge on any atom is 0.328 e. The first kappa shape index (κ1) is 27.6. The normalized spacial score (nSPS) is 21.5. The molecular weight excluding hydrogens is 484 g/mol. The molecule has 1 aliphatic heterocycles. The van der Waals surface area contributed by atoms with Crippen molar-refractivity contribution >= 4 is 34.4 Å². The minimum atomic E-state index is -1.26. The molecule has 8 heteroatoms. The average molecular weight is 523 g/mol. The van der Waals surface area contributed by atoms with Gasteiger partial charge < -0.3 is 19.5 Å². The van der Waals surface area contributed by atoms with Gasteiger partial charge in [-0.15, -0.1) is 0 Å². The van der Waals surface area contributed by atoms with Gasteiger partial charge in [0.2, 0.25) is 0 Å². The lowest BCUT2D eigenvalue weighted by molar-refractivity contribution is -0.150. The zero-order valence-corrected chi connectivity index (χ0v) is 22.4. The highest BCUT2D eigenvalue weighted by Crippen LogP contribution is 2.42. The van der Waals surface area contributed by atoms with Crippen molar-refractivity contribution in [1.29, 1.82) is 0 Å². The van der Waals surface area contributed by atoms with Crippen molar-refractivity contribution in [2.75, 3.05) is 20.2 Å². The molecule has 2 atom stereocenters. The summed E-state index contributed by atoms with van der Waals surface area (Å²) in [7, 11) is 2.22. The van der Waals surface area contributed by atoms with Crippen LogP contribution in [-0.4, -0.2) is 63.8 Å². The minimum Gasteiger partial charge on any atom is -0.478 e. The zero-order valence-electron chi connectivity index (χ0n) is 22.4. The molecule has 38 heavy (non-hydrogen) atoms. The highest BCUT2D eigenvalue weighted by Gasteiger charge is 2.35. The third-order valence-corrected chi connectivity index (χ3v) is 7.79. The van der Waals surface area contributed by atoms with Crippen LogP contribution in [0.4, 0.5) is 0 Å². The number of rotatable bonds is 6. The Balaban J connectivity index is 0.000000368. The topological polar surface area (TPSA) is 109 Å². The summed E-state index contributed by atoms with van der Waals surface area (Å²) in [5, 5.41) is 17.0.